The Kier molecular flexibility index (Phi) is 12.5. The van der Waals surface area contributed by atoms with Crippen molar-refractivity contribution < 1.29 is 32.8 Å². The van der Waals surface area contributed by atoms with Crippen molar-refractivity contribution in [3.8, 4) is 11.3 Å². The van der Waals surface area contributed by atoms with Crippen LogP contribution in [0.1, 0.15) is 109 Å². The second kappa shape index (κ2) is 16.7. The van der Waals surface area contributed by atoms with Crippen LogP contribution in [0.2, 0.25) is 0 Å². The van der Waals surface area contributed by atoms with E-state index < -0.39 is 5.41 Å². The summed E-state index contributed by atoms with van der Waals surface area (Å²) >= 11 is 0. The summed E-state index contributed by atoms with van der Waals surface area (Å²) in [7, 11) is 0. The summed E-state index contributed by atoms with van der Waals surface area (Å²) < 4.78 is 14.6. The van der Waals surface area contributed by atoms with E-state index in [4.69, 9.17) is 0 Å². The van der Waals surface area contributed by atoms with Gasteiger partial charge in [0, 0.05) is 17.4 Å². The SMILES string of the molecule is [CH2-]CC(C[CH2-])c1ccc([C@@]2(C)CCC(=O)NC2=O)cc1C1CC1.[CH2-]c1cccc(-c2cc3c(N[C@H](C)c4cccc(C)c4F)nc(C)nc3cn2)c1.[Li+]. The van der Waals surface area contributed by atoms with Gasteiger partial charge in [-0.25, -0.2) is 14.4 Å². The van der Waals surface area contributed by atoms with Crippen molar-refractivity contribution in [2.75, 3.05) is 5.32 Å². The summed E-state index contributed by atoms with van der Waals surface area (Å²) in [4.78, 5) is 37.5. The number of aryl methyl sites for hydroxylation is 2. The number of carbonyl (C=O) groups is 2. The van der Waals surface area contributed by atoms with Gasteiger partial charge in [-0.15, -0.1) is 6.07 Å². The molecule has 2 N–H and O–H groups in total. The van der Waals surface area contributed by atoms with Gasteiger partial charge >= 0.3 is 18.9 Å². The van der Waals surface area contributed by atoms with Gasteiger partial charge in [0.2, 0.25) is 11.8 Å². The molecule has 7 nitrogen and oxygen atoms in total. The van der Waals surface area contributed by atoms with Gasteiger partial charge in [-0.1, -0.05) is 53.9 Å². The number of rotatable bonds is 9. The first-order chi connectivity index (χ1) is 24.9. The maximum absolute atomic E-state index is 14.6. The largest absolute Gasteiger partial charge is 1.00 e. The fraction of sp³-hybridized carbons (Fsp3) is 0.318. The molecular weight excluding hydrogens is 656 g/mol. The molecule has 7 rings (SSSR count). The zero-order valence-electron chi connectivity index (χ0n) is 31.6. The Morgan fingerprint density at radius 3 is 2.40 bits per heavy atom. The predicted molar refractivity (Wildman–Crippen MR) is 206 cm³/mol. The first-order valence-electron chi connectivity index (χ1n) is 18.1. The first-order valence-corrected chi connectivity index (χ1v) is 18.1. The van der Waals surface area contributed by atoms with Crippen molar-refractivity contribution >= 4 is 28.5 Å². The molecule has 0 unspecified atom stereocenters. The molecule has 53 heavy (non-hydrogen) atoms. The van der Waals surface area contributed by atoms with Gasteiger partial charge in [-0.3, -0.25) is 19.9 Å². The maximum Gasteiger partial charge on any atom is 1.00 e. The number of benzene rings is 3. The minimum atomic E-state index is -0.611. The molecule has 0 spiro atoms. The van der Waals surface area contributed by atoms with Crippen LogP contribution in [0.4, 0.5) is 10.2 Å². The van der Waals surface area contributed by atoms with E-state index in [1.54, 1.807) is 25.3 Å². The van der Waals surface area contributed by atoms with Crippen molar-refractivity contribution in [3.63, 3.8) is 0 Å². The van der Waals surface area contributed by atoms with Crippen molar-refractivity contribution in [3.05, 3.63) is 139 Å². The second-order valence-electron chi connectivity index (χ2n) is 14.4. The average Bonchev–Trinajstić information content (AvgIpc) is 3.98. The number of nitrogens with one attached hydrogen (secondary N) is 2. The third-order valence-corrected chi connectivity index (χ3v) is 10.4. The number of pyridine rings is 1. The zero-order chi connectivity index (χ0) is 37.2. The minimum absolute atomic E-state index is 0. The van der Waals surface area contributed by atoms with E-state index in [1.165, 1.54) is 24.0 Å². The third kappa shape index (κ3) is 8.66. The van der Waals surface area contributed by atoms with Gasteiger partial charge in [0.1, 0.15) is 17.5 Å². The Bertz CT molecular complexity index is 2130. The second-order valence-corrected chi connectivity index (χ2v) is 14.4. The predicted octanol–water partition coefficient (Wildman–Crippen LogP) is 6.60. The fourth-order valence-corrected chi connectivity index (χ4v) is 7.01. The number of halogens is 1. The van der Waals surface area contributed by atoms with E-state index in [-0.39, 0.29) is 42.5 Å². The van der Waals surface area contributed by atoms with Crippen molar-refractivity contribution in [1.29, 1.82) is 0 Å². The molecule has 2 aliphatic rings. The molecule has 1 saturated carbocycles. The molecular formula is C44H47FLiN5O2-2. The number of piperidine rings is 1. The number of hydrogen-bond donors (Lipinski definition) is 2. The summed E-state index contributed by atoms with van der Waals surface area (Å²) in [6, 6.07) is 21.5. The van der Waals surface area contributed by atoms with Crippen LogP contribution in [-0.2, 0) is 15.0 Å². The average molecular weight is 704 g/mol. The molecule has 1 aliphatic heterocycles. The Morgan fingerprint density at radius 2 is 1.72 bits per heavy atom. The van der Waals surface area contributed by atoms with Crippen LogP contribution in [0.25, 0.3) is 22.2 Å². The first kappa shape index (κ1) is 39.7. The minimum Gasteiger partial charge on any atom is -0.363 e. The molecule has 5 aromatic rings. The summed E-state index contributed by atoms with van der Waals surface area (Å²) in [5, 5.41) is 6.71. The van der Waals surface area contributed by atoms with Gasteiger partial charge in [-0.05, 0) is 81.2 Å². The number of amides is 2. The maximum atomic E-state index is 14.6. The van der Waals surface area contributed by atoms with Crippen LogP contribution < -0.4 is 29.5 Å². The van der Waals surface area contributed by atoms with Crippen LogP contribution in [0, 0.1) is 40.4 Å². The molecule has 0 radical (unpaired) electrons. The van der Waals surface area contributed by atoms with E-state index in [1.807, 2.05) is 57.2 Å². The molecule has 2 amide bonds. The molecule has 2 atom stereocenters. The smallest absolute Gasteiger partial charge is 0.363 e. The van der Waals surface area contributed by atoms with Crippen molar-refractivity contribution in [2.24, 2.45) is 0 Å². The molecule has 3 heterocycles. The number of nitrogens with zero attached hydrogens (tertiary/aromatic N) is 3. The molecule has 9 heteroatoms. The number of imide groups is 1. The van der Waals surface area contributed by atoms with E-state index in [0.29, 0.717) is 47.4 Å². The molecule has 1 aliphatic carbocycles. The van der Waals surface area contributed by atoms with Crippen molar-refractivity contribution in [1.82, 2.24) is 20.3 Å². The van der Waals surface area contributed by atoms with E-state index >= 15 is 0 Å². The van der Waals surface area contributed by atoms with Crippen LogP contribution >= 0.6 is 0 Å². The summed E-state index contributed by atoms with van der Waals surface area (Å²) in [6.07, 6.45) is 6.86. The Morgan fingerprint density at radius 1 is 0.981 bits per heavy atom. The van der Waals surface area contributed by atoms with E-state index in [9.17, 15) is 14.0 Å². The van der Waals surface area contributed by atoms with E-state index in [0.717, 1.165) is 46.1 Å². The molecule has 1 saturated heterocycles. The van der Waals surface area contributed by atoms with Gasteiger partial charge in [0.15, 0.2) is 0 Å². The summed E-state index contributed by atoms with van der Waals surface area (Å²) in [5.74, 6) is 1.75. The molecule has 270 valence electrons. The normalized spacial score (nSPS) is 17.4. The van der Waals surface area contributed by atoms with E-state index in [2.05, 4.69) is 64.6 Å². The Hall–Kier alpha value is -4.51. The van der Waals surface area contributed by atoms with Gasteiger partial charge in [-0.2, -0.15) is 37.5 Å². The molecule has 2 fully saturated rings. The standard InChI is InChI=1S/C24H22FN4.C20H25NO2.Li/c1-14-7-5-9-18(11-14)21-12-20-22(13-26-21)28-17(4)29-24(20)27-16(3)19-10-6-8-15(2)23(19)25;1-4-13(5-2)16-9-8-15(12-17(16)14-6-7-14)20(3)11-10-18(22)21-19(20)23;/h5-13,16H,1H2,2-4H3,(H,27,28,29);8-9,12-14H,1-2,4-7,10-11H2,3H3,(H,21,22,23);/q-1;-2;+1/t16-;20-;/m11./s1. The molecule has 3 aromatic carbocycles. The van der Waals surface area contributed by atoms with Crippen LogP contribution in [0.3, 0.4) is 0 Å². The number of hydrogen-bond acceptors (Lipinski definition) is 6. The summed E-state index contributed by atoms with van der Waals surface area (Å²) in [5.41, 5.74) is 7.81. The van der Waals surface area contributed by atoms with Crippen LogP contribution in [0.5, 0.6) is 0 Å². The number of aromatic nitrogens is 3. The quantitative estimate of drug-likeness (QED) is 0.102. The Balaban J connectivity index is 0.000000206. The third-order valence-electron chi connectivity index (χ3n) is 10.4. The van der Waals surface area contributed by atoms with Crippen LogP contribution in [-0.4, -0.2) is 26.8 Å². The van der Waals surface area contributed by atoms with Crippen molar-refractivity contribution in [2.45, 2.75) is 89.5 Å². The Labute approximate surface area is 325 Å². The molecule has 2 aromatic heterocycles. The molecule has 0 bridgehead atoms. The van der Waals surface area contributed by atoms with Gasteiger partial charge in [0.05, 0.1) is 28.9 Å². The van der Waals surface area contributed by atoms with Crippen LogP contribution in [0.15, 0.2) is 72.9 Å². The topological polar surface area (TPSA) is 96.9 Å². The number of carbonyl (C=O) groups excluding carboxylic acids is 2. The van der Waals surface area contributed by atoms with Gasteiger partial charge < -0.3 is 19.2 Å². The fourth-order valence-electron chi connectivity index (χ4n) is 7.01. The number of anilines is 1. The summed E-state index contributed by atoms with van der Waals surface area (Å²) in [6.45, 7) is 19.6. The number of fused-ring (bicyclic) bond motifs is 1. The van der Waals surface area contributed by atoms with Gasteiger partial charge in [0.25, 0.3) is 0 Å². The zero-order valence-corrected chi connectivity index (χ0v) is 31.6. The monoisotopic (exact) mass is 703 g/mol.